The fourth-order valence-electron chi connectivity index (χ4n) is 5.23. The Morgan fingerprint density at radius 1 is 0.895 bits per heavy atom. The Balaban J connectivity index is 1.38. The van der Waals surface area contributed by atoms with Crippen molar-refractivity contribution in [3.8, 4) is 11.5 Å². The molecule has 1 atom stereocenters. The van der Waals surface area contributed by atoms with E-state index < -0.39 is 6.04 Å². The highest BCUT2D eigenvalue weighted by atomic mass is 79.9. The SMILES string of the molecule is O=C1c2oc3ccc(Br)cc3c(=O)c2C(c2cccc(Oc3ccccc3)c2)N1CCCN1CCOCC1. The third kappa shape index (κ3) is 4.87. The van der Waals surface area contributed by atoms with Crippen molar-refractivity contribution in [2.45, 2.75) is 12.5 Å². The number of para-hydroxylation sites is 1. The summed E-state index contributed by atoms with van der Waals surface area (Å²) >= 11 is 3.46. The monoisotopic (exact) mass is 574 g/mol. The molecule has 3 heterocycles. The van der Waals surface area contributed by atoms with Crippen LogP contribution in [0.2, 0.25) is 0 Å². The normalized spacial score (nSPS) is 17.7. The van der Waals surface area contributed by atoms with Gasteiger partial charge >= 0.3 is 0 Å². The predicted octanol–water partition coefficient (Wildman–Crippen LogP) is 5.62. The Bertz CT molecular complexity index is 1530. The van der Waals surface area contributed by atoms with Gasteiger partial charge in [-0.05, 0) is 54.4 Å². The van der Waals surface area contributed by atoms with Crippen LogP contribution in [0.25, 0.3) is 11.0 Å². The minimum absolute atomic E-state index is 0.121. The third-order valence-corrected chi connectivity index (χ3v) is 7.55. The summed E-state index contributed by atoms with van der Waals surface area (Å²) in [6, 6.07) is 21.8. The number of ether oxygens (including phenoxy) is 2. The molecule has 2 aliphatic heterocycles. The van der Waals surface area contributed by atoms with Crippen LogP contribution < -0.4 is 10.2 Å². The average molecular weight is 575 g/mol. The second-order valence-corrected chi connectivity index (χ2v) is 10.4. The van der Waals surface area contributed by atoms with Crippen LogP contribution in [0, 0.1) is 0 Å². The lowest BCUT2D eigenvalue weighted by atomic mass is 9.98. The van der Waals surface area contributed by atoms with Gasteiger partial charge in [0.15, 0.2) is 5.43 Å². The maximum atomic E-state index is 13.8. The predicted molar refractivity (Wildman–Crippen MR) is 148 cm³/mol. The van der Waals surface area contributed by atoms with E-state index in [1.54, 1.807) is 23.1 Å². The lowest BCUT2D eigenvalue weighted by Gasteiger charge is -2.29. The van der Waals surface area contributed by atoms with Gasteiger partial charge in [-0.1, -0.05) is 46.3 Å². The zero-order chi connectivity index (χ0) is 26.1. The molecule has 1 unspecified atom stereocenters. The Kier molecular flexibility index (Phi) is 7.02. The number of halogens is 1. The number of amides is 1. The number of nitrogens with zero attached hydrogens (tertiary/aromatic N) is 2. The summed E-state index contributed by atoms with van der Waals surface area (Å²) in [5.41, 5.74) is 1.40. The third-order valence-electron chi connectivity index (χ3n) is 7.06. The molecule has 1 fully saturated rings. The fraction of sp³-hybridized carbons (Fsp3) is 0.267. The summed E-state index contributed by atoms with van der Waals surface area (Å²) in [6.45, 7) is 4.57. The van der Waals surface area contributed by atoms with Crippen molar-refractivity contribution >= 4 is 32.8 Å². The Morgan fingerprint density at radius 2 is 1.68 bits per heavy atom. The number of benzene rings is 3. The van der Waals surface area contributed by atoms with Crippen LogP contribution in [-0.4, -0.2) is 55.1 Å². The molecule has 7 nitrogen and oxygen atoms in total. The van der Waals surface area contributed by atoms with Crippen molar-refractivity contribution in [2.75, 3.05) is 39.4 Å². The highest BCUT2D eigenvalue weighted by Gasteiger charge is 2.42. The molecule has 4 aromatic rings. The molecule has 2 aliphatic rings. The van der Waals surface area contributed by atoms with Crippen LogP contribution in [0.5, 0.6) is 11.5 Å². The Morgan fingerprint density at radius 3 is 2.50 bits per heavy atom. The number of hydrogen-bond acceptors (Lipinski definition) is 6. The van der Waals surface area contributed by atoms with Crippen LogP contribution in [0.1, 0.15) is 34.1 Å². The number of carbonyl (C=O) groups excluding carboxylic acids is 1. The van der Waals surface area contributed by atoms with Crippen molar-refractivity contribution < 1.29 is 18.7 Å². The summed E-state index contributed by atoms with van der Waals surface area (Å²) in [7, 11) is 0. The minimum atomic E-state index is -0.568. The van der Waals surface area contributed by atoms with Gasteiger partial charge < -0.3 is 18.8 Å². The smallest absolute Gasteiger partial charge is 0.290 e. The summed E-state index contributed by atoms with van der Waals surface area (Å²) < 4.78 is 18.4. The van der Waals surface area contributed by atoms with Crippen LogP contribution in [0.4, 0.5) is 0 Å². The van der Waals surface area contributed by atoms with Crippen LogP contribution in [-0.2, 0) is 4.74 Å². The lowest BCUT2D eigenvalue weighted by molar-refractivity contribution is 0.0353. The maximum absolute atomic E-state index is 13.8. The van der Waals surface area contributed by atoms with E-state index in [2.05, 4.69) is 20.8 Å². The fourth-order valence-corrected chi connectivity index (χ4v) is 5.59. The van der Waals surface area contributed by atoms with E-state index in [9.17, 15) is 9.59 Å². The summed E-state index contributed by atoms with van der Waals surface area (Å²) in [5, 5.41) is 0.447. The van der Waals surface area contributed by atoms with Gasteiger partial charge in [-0.15, -0.1) is 0 Å². The number of hydrogen-bond donors (Lipinski definition) is 0. The molecule has 0 aliphatic carbocycles. The van der Waals surface area contributed by atoms with E-state index >= 15 is 0 Å². The molecule has 0 bridgehead atoms. The topological polar surface area (TPSA) is 72.2 Å². The van der Waals surface area contributed by atoms with Gasteiger partial charge in [-0.3, -0.25) is 14.5 Å². The first kappa shape index (κ1) is 24.9. The first-order valence-corrected chi connectivity index (χ1v) is 13.6. The Labute approximate surface area is 228 Å². The molecular weight excluding hydrogens is 548 g/mol. The van der Waals surface area contributed by atoms with Crippen LogP contribution in [0.15, 0.2) is 86.5 Å². The van der Waals surface area contributed by atoms with Crippen molar-refractivity contribution in [3.63, 3.8) is 0 Å². The zero-order valence-electron chi connectivity index (χ0n) is 20.8. The highest BCUT2D eigenvalue weighted by Crippen LogP contribution is 2.39. The quantitative estimate of drug-likeness (QED) is 0.285. The number of fused-ring (bicyclic) bond motifs is 2. The first-order chi connectivity index (χ1) is 18.6. The van der Waals surface area contributed by atoms with Crippen molar-refractivity contribution in [1.29, 1.82) is 0 Å². The molecule has 38 heavy (non-hydrogen) atoms. The molecular formula is C30H27BrN2O5. The summed E-state index contributed by atoms with van der Waals surface area (Å²) in [6.07, 6.45) is 0.774. The summed E-state index contributed by atoms with van der Waals surface area (Å²) in [4.78, 5) is 31.7. The van der Waals surface area contributed by atoms with E-state index in [4.69, 9.17) is 13.9 Å². The van der Waals surface area contributed by atoms with Gasteiger partial charge in [0.2, 0.25) is 5.76 Å². The second-order valence-electron chi connectivity index (χ2n) is 9.51. The van der Waals surface area contributed by atoms with Crippen molar-refractivity contribution in [2.24, 2.45) is 0 Å². The molecule has 194 valence electrons. The van der Waals surface area contributed by atoms with E-state index in [1.807, 2.05) is 54.6 Å². The van der Waals surface area contributed by atoms with Crippen LogP contribution >= 0.6 is 15.9 Å². The van der Waals surface area contributed by atoms with E-state index in [-0.39, 0.29) is 17.1 Å². The number of rotatable bonds is 7. The van der Waals surface area contributed by atoms with Gasteiger partial charge in [0.1, 0.15) is 17.1 Å². The number of morpholine rings is 1. The van der Waals surface area contributed by atoms with Gasteiger partial charge in [0.05, 0.1) is 30.2 Å². The first-order valence-electron chi connectivity index (χ1n) is 12.8. The van der Waals surface area contributed by atoms with Gasteiger partial charge in [0, 0.05) is 30.7 Å². The molecule has 0 saturated carbocycles. The van der Waals surface area contributed by atoms with Gasteiger partial charge in [-0.2, -0.15) is 0 Å². The van der Waals surface area contributed by atoms with Gasteiger partial charge in [-0.25, -0.2) is 0 Å². The zero-order valence-corrected chi connectivity index (χ0v) is 22.4. The van der Waals surface area contributed by atoms with Crippen molar-refractivity contribution in [1.82, 2.24) is 9.80 Å². The second kappa shape index (κ2) is 10.7. The maximum Gasteiger partial charge on any atom is 0.290 e. The molecule has 0 radical (unpaired) electrons. The molecule has 6 rings (SSSR count). The van der Waals surface area contributed by atoms with Gasteiger partial charge in [0.25, 0.3) is 5.91 Å². The Hall–Kier alpha value is -3.46. The number of carbonyl (C=O) groups is 1. The lowest BCUT2D eigenvalue weighted by Crippen LogP contribution is -2.38. The molecule has 1 amide bonds. The van der Waals surface area contributed by atoms with E-state index in [0.29, 0.717) is 34.6 Å². The molecule has 8 heteroatoms. The van der Waals surface area contributed by atoms with Crippen molar-refractivity contribution in [3.05, 3.63) is 104 Å². The molecule has 1 aromatic heterocycles. The summed E-state index contributed by atoms with van der Waals surface area (Å²) in [5.74, 6) is 1.21. The average Bonchev–Trinajstić information content (AvgIpc) is 3.22. The van der Waals surface area contributed by atoms with Crippen LogP contribution in [0.3, 0.4) is 0 Å². The molecule has 1 saturated heterocycles. The standard InChI is InChI=1S/C30H27BrN2O5/c31-21-10-11-25-24(19-21)28(34)26-27(20-6-4-9-23(18-20)37-22-7-2-1-3-8-22)33(30(35)29(26)38-25)13-5-12-32-14-16-36-17-15-32/h1-4,6-11,18-19,27H,5,12-17H2. The minimum Gasteiger partial charge on any atom is -0.457 e. The molecule has 0 N–H and O–H groups in total. The van der Waals surface area contributed by atoms with E-state index in [1.165, 1.54) is 0 Å². The molecule has 0 spiro atoms. The van der Waals surface area contributed by atoms with E-state index in [0.717, 1.165) is 49.3 Å². The largest absolute Gasteiger partial charge is 0.457 e. The molecule has 3 aromatic carbocycles. The highest BCUT2D eigenvalue weighted by molar-refractivity contribution is 9.10.